The number of carbonyl (C=O) groups excluding carboxylic acids is 5. The summed E-state index contributed by atoms with van der Waals surface area (Å²) in [5.41, 5.74) is 1.28. The van der Waals surface area contributed by atoms with Crippen LogP contribution in [0, 0.1) is 18.8 Å². The number of fused-ring (bicyclic) bond motifs is 1. The third-order valence-corrected chi connectivity index (χ3v) is 11.2. The topological polar surface area (TPSA) is 188 Å². The van der Waals surface area contributed by atoms with Crippen LogP contribution in [0.1, 0.15) is 86.7 Å². The lowest BCUT2D eigenvalue weighted by Crippen LogP contribution is -2.55. The lowest BCUT2D eigenvalue weighted by Gasteiger charge is -2.35. The van der Waals surface area contributed by atoms with Gasteiger partial charge in [0.2, 0.25) is 11.8 Å². The predicted molar refractivity (Wildman–Crippen MR) is 197 cm³/mol. The number of carboxylic acid groups (broad SMARTS) is 1. The fourth-order valence-corrected chi connectivity index (χ4v) is 7.71. The van der Waals surface area contributed by atoms with E-state index < -0.39 is 36.0 Å². The summed E-state index contributed by atoms with van der Waals surface area (Å²) in [4.78, 5) is 87.1. The van der Waals surface area contributed by atoms with Crippen molar-refractivity contribution < 1.29 is 43.3 Å². The molecule has 0 bridgehead atoms. The van der Waals surface area contributed by atoms with Crippen molar-refractivity contribution >= 4 is 46.6 Å². The van der Waals surface area contributed by atoms with Gasteiger partial charge < -0.3 is 39.9 Å². The van der Waals surface area contributed by atoms with E-state index in [1.165, 1.54) is 22.3 Å². The van der Waals surface area contributed by atoms with Crippen molar-refractivity contribution in [1.29, 1.82) is 0 Å². The Bertz CT molecular complexity index is 1720. The minimum Gasteiger partial charge on any atom is -0.483 e. The molecule has 2 aromatic rings. The van der Waals surface area contributed by atoms with Gasteiger partial charge in [0.1, 0.15) is 23.5 Å². The van der Waals surface area contributed by atoms with E-state index in [2.05, 4.69) is 15.6 Å². The molecule has 1 aromatic heterocycles. The summed E-state index contributed by atoms with van der Waals surface area (Å²) in [7, 11) is 0. The predicted octanol–water partition coefficient (Wildman–Crippen LogP) is 3.26. The summed E-state index contributed by atoms with van der Waals surface area (Å²) >= 11 is 0. The number of amides is 5. The summed E-state index contributed by atoms with van der Waals surface area (Å²) in [6, 6.07) is 5.21. The van der Waals surface area contributed by atoms with E-state index >= 15 is 0 Å². The van der Waals surface area contributed by atoms with Crippen LogP contribution in [0.2, 0.25) is 0 Å². The van der Waals surface area contributed by atoms with E-state index in [0.29, 0.717) is 55.3 Å². The lowest BCUT2D eigenvalue weighted by molar-refractivity contribution is -0.145. The second kappa shape index (κ2) is 17.9. The van der Waals surface area contributed by atoms with Crippen LogP contribution in [-0.4, -0.2) is 125 Å². The number of aromatic nitrogens is 1. The third kappa shape index (κ3) is 9.77. The summed E-state index contributed by atoms with van der Waals surface area (Å²) < 4.78 is 11.6. The molecule has 54 heavy (non-hydrogen) atoms. The second-order valence-electron chi connectivity index (χ2n) is 15.1. The number of rotatable bonds is 14. The van der Waals surface area contributed by atoms with E-state index in [0.717, 1.165) is 44.1 Å². The van der Waals surface area contributed by atoms with Crippen LogP contribution in [0.5, 0.6) is 5.75 Å². The smallest absolute Gasteiger partial charge is 0.407 e. The zero-order chi connectivity index (χ0) is 38.2. The Labute approximate surface area is 315 Å². The fraction of sp³-hybridized carbons (Fsp3) is 0.615. The Kier molecular flexibility index (Phi) is 12.9. The van der Waals surface area contributed by atoms with Crippen molar-refractivity contribution in [3.8, 4) is 5.75 Å². The van der Waals surface area contributed by atoms with Crippen molar-refractivity contribution in [3.63, 3.8) is 0 Å². The maximum absolute atomic E-state index is 13.9. The molecule has 3 N–H and O–H groups in total. The lowest BCUT2D eigenvalue weighted by atomic mass is 9.85. The molecular weight excluding hydrogens is 696 g/mol. The molecule has 0 radical (unpaired) electrons. The molecule has 4 fully saturated rings. The maximum atomic E-state index is 13.9. The van der Waals surface area contributed by atoms with Crippen LogP contribution >= 0.6 is 0 Å². The molecule has 3 heterocycles. The van der Waals surface area contributed by atoms with Crippen LogP contribution < -0.4 is 15.4 Å². The van der Waals surface area contributed by atoms with Gasteiger partial charge in [0, 0.05) is 57.1 Å². The number of benzene rings is 1. The zero-order valence-corrected chi connectivity index (χ0v) is 31.1. The van der Waals surface area contributed by atoms with Gasteiger partial charge in [-0.2, -0.15) is 0 Å². The SMILES string of the molecule is Cc1ccc2c(OCC(=O)N3CCC[C@H]3C(=O)NCC3CCC3)cc(C(=O)N[C@@H](CCC(=O)OCC3CCCC3)C(=O)N3CCN(C(=O)O)CC3)nc2c1. The van der Waals surface area contributed by atoms with Crippen LogP contribution in [0.25, 0.3) is 10.9 Å². The summed E-state index contributed by atoms with van der Waals surface area (Å²) in [6.07, 6.45) is 7.76. The summed E-state index contributed by atoms with van der Waals surface area (Å²) in [6.45, 7) is 3.46. The molecular formula is C39H52N6O9. The number of carbonyl (C=O) groups is 6. The summed E-state index contributed by atoms with van der Waals surface area (Å²) in [5.74, 6) is -0.981. The van der Waals surface area contributed by atoms with Gasteiger partial charge in [-0.3, -0.25) is 24.0 Å². The molecule has 2 aliphatic carbocycles. The highest BCUT2D eigenvalue weighted by Gasteiger charge is 2.35. The average Bonchev–Trinajstić information content (AvgIpc) is 3.86. The summed E-state index contributed by atoms with van der Waals surface area (Å²) in [5, 5.41) is 15.7. The van der Waals surface area contributed by atoms with E-state index in [1.54, 1.807) is 17.0 Å². The van der Waals surface area contributed by atoms with Gasteiger partial charge in [0.25, 0.3) is 11.8 Å². The Morgan fingerprint density at radius 3 is 2.31 bits per heavy atom. The van der Waals surface area contributed by atoms with Crippen LogP contribution in [0.4, 0.5) is 4.79 Å². The minimum absolute atomic E-state index is 0.0248. The first-order chi connectivity index (χ1) is 26.0. The molecule has 1 aromatic carbocycles. The maximum Gasteiger partial charge on any atom is 0.407 e. The number of esters is 1. The van der Waals surface area contributed by atoms with Gasteiger partial charge in [-0.15, -0.1) is 0 Å². The molecule has 0 unspecified atom stereocenters. The molecule has 6 rings (SSSR count). The van der Waals surface area contributed by atoms with E-state index in [9.17, 15) is 33.9 Å². The molecule has 2 saturated heterocycles. The highest BCUT2D eigenvalue weighted by Crippen LogP contribution is 2.29. The Balaban J connectivity index is 1.14. The number of aryl methyl sites for hydroxylation is 1. The highest BCUT2D eigenvalue weighted by molar-refractivity contribution is 5.99. The molecule has 4 aliphatic rings. The Morgan fingerprint density at radius 1 is 0.889 bits per heavy atom. The molecule has 5 amide bonds. The first-order valence-electron chi connectivity index (χ1n) is 19.4. The van der Waals surface area contributed by atoms with E-state index in [-0.39, 0.29) is 68.9 Å². The number of nitrogens with zero attached hydrogens (tertiary/aromatic N) is 4. The van der Waals surface area contributed by atoms with Gasteiger partial charge in [-0.1, -0.05) is 25.3 Å². The number of ether oxygens (including phenoxy) is 2. The van der Waals surface area contributed by atoms with E-state index in [1.807, 2.05) is 13.0 Å². The normalized spacial score (nSPS) is 19.6. The van der Waals surface area contributed by atoms with Gasteiger partial charge in [0.15, 0.2) is 6.61 Å². The molecule has 292 valence electrons. The second-order valence-corrected chi connectivity index (χ2v) is 15.1. The standard InChI is InChI=1S/C39H52N6O9/c1-25-11-12-28-30(20-25)41-31(21-33(28)53-24-34(46)45-15-5-10-32(45)37(49)40-22-26-8-4-9-26)36(48)42-29(13-14-35(47)54-23-27-6-2-3-7-27)38(50)43-16-18-44(19-17-43)39(51)52/h11-12,20-21,26-27,29,32H,2-10,13-19,22-24H2,1H3,(H,40,49)(H,42,48)(H,51,52)/t29-,32-/m0/s1. The number of likely N-dealkylation sites (tertiary alicyclic amines) is 1. The van der Waals surface area contributed by atoms with Crippen molar-refractivity contribution in [1.82, 2.24) is 30.3 Å². The largest absolute Gasteiger partial charge is 0.483 e. The van der Waals surface area contributed by atoms with Crippen molar-refractivity contribution in [3.05, 3.63) is 35.5 Å². The monoisotopic (exact) mass is 748 g/mol. The zero-order valence-electron chi connectivity index (χ0n) is 31.1. The van der Waals surface area contributed by atoms with Crippen LogP contribution in [0.3, 0.4) is 0 Å². The number of pyridine rings is 1. The first kappa shape index (κ1) is 38.8. The quantitative estimate of drug-likeness (QED) is 0.242. The van der Waals surface area contributed by atoms with Crippen molar-refractivity contribution in [2.75, 3.05) is 52.5 Å². The number of hydrogen-bond donors (Lipinski definition) is 3. The molecule has 15 heteroatoms. The fourth-order valence-electron chi connectivity index (χ4n) is 7.71. The number of hydrogen-bond acceptors (Lipinski definition) is 9. The van der Waals surface area contributed by atoms with Gasteiger partial charge in [0.05, 0.1) is 12.1 Å². The number of piperazine rings is 1. The molecule has 2 saturated carbocycles. The minimum atomic E-state index is -1.11. The van der Waals surface area contributed by atoms with Gasteiger partial charge in [-0.05, 0) is 81.4 Å². The van der Waals surface area contributed by atoms with Gasteiger partial charge >= 0.3 is 12.1 Å². The molecule has 2 aliphatic heterocycles. The molecule has 15 nitrogen and oxygen atoms in total. The van der Waals surface area contributed by atoms with Crippen LogP contribution in [-0.2, 0) is 23.9 Å². The van der Waals surface area contributed by atoms with Crippen molar-refractivity contribution in [2.24, 2.45) is 11.8 Å². The highest BCUT2D eigenvalue weighted by atomic mass is 16.5. The van der Waals surface area contributed by atoms with E-state index in [4.69, 9.17) is 9.47 Å². The third-order valence-electron chi connectivity index (χ3n) is 11.2. The van der Waals surface area contributed by atoms with Crippen molar-refractivity contribution in [2.45, 2.75) is 89.6 Å². The van der Waals surface area contributed by atoms with Gasteiger partial charge in [-0.25, -0.2) is 9.78 Å². The van der Waals surface area contributed by atoms with Crippen LogP contribution in [0.15, 0.2) is 24.3 Å². The Morgan fingerprint density at radius 2 is 1.61 bits per heavy atom. The average molecular weight is 749 g/mol. The molecule has 0 spiro atoms. The number of nitrogens with one attached hydrogen (secondary N) is 2. The Hall–Kier alpha value is -4.95. The molecule has 2 atom stereocenters. The first-order valence-corrected chi connectivity index (χ1v) is 19.4.